The van der Waals surface area contributed by atoms with E-state index in [0.29, 0.717) is 17.8 Å². The Kier molecular flexibility index (Phi) is 4.35. The Labute approximate surface area is 128 Å². The molecule has 1 aliphatic rings. The standard InChI is InChI=1S/C15H19N3O4/c1-15(2,3)8-16-13(20)17-10-6-4-9(5-7-10)11-12(19)18-14(21)22-11/h4-7,11H,8H2,1-3H3,(H2,16,17,20)(H,18,19,21). The summed E-state index contributed by atoms with van der Waals surface area (Å²) >= 11 is 0. The number of cyclic esters (lactones) is 1. The van der Waals surface area contributed by atoms with E-state index in [9.17, 15) is 14.4 Å². The van der Waals surface area contributed by atoms with Gasteiger partial charge in [-0.15, -0.1) is 0 Å². The van der Waals surface area contributed by atoms with Crippen molar-refractivity contribution in [3.63, 3.8) is 0 Å². The number of benzene rings is 1. The molecule has 0 radical (unpaired) electrons. The summed E-state index contributed by atoms with van der Waals surface area (Å²) in [5.41, 5.74) is 1.13. The van der Waals surface area contributed by atoms with Crippen LogP contribution < -0.4 is 16.0 Å². The van der Waals surface area contributed by atoms with Crippen LogP contribution in [0.15, 0.2) is 24.3 Å². The first-order chi connectivity index (χ1) is 10.2. The number of carbonyl (C=O) groups excluding carboxylic acids is 3. The van der Waals surface area contributed by atoms with E-state index >= 15 is 0 Å². The minimum Gasteiger partial charge on any atom is -0.431 e. The summed E-state index contributed by atoms with van der Waals surface area (Å²) in [6.07, 6.45) is -1.69. The molecule has 1 heterocycles. The number of carbonyl (C=O) groups is 3. The number of hydrogen-bond donors (Lipinski definition) is 3. The quantitative estimate of drug-likeness (QED) is 0.797. The van der Waals surface area contributed by atoms with Crippen molar-refractivity contribution in [1.82, 2.24) is 10.6 Å². The largest absolute Gasteiger partial charge is 0.431 e. The van der Waals surface area contributed by atoms with Crippen LogP contribution in [0.2, 0.25) is 0 Å². The SMILES string of the molecule is CC(C)(C)CNC(=O)Nc1ccc(C2OC(=O)NC2=O)cc1. The van der Waals surface area contributed by atoms with Gasteiger partial charge in [-0.1, -0.05) is 32.9 Å². The predicted octanol–water partition coefficient (Wildman–Crippen LogP) is 2.16. The fraction of sp³-hybridized carbons (Fsp3) is 0.400. The smallest absolute Gasteiger partial charge is 0.415 e. The molecule has 1 aromatic rings. The van der Waals surface area contributed by atoms with Crippen molar-refractivity contribution in [3.05, 3.63) is 29.8 Å². The van der Waals surface area contributed by atoms with Crippen LogP contribution >= 0.6 is 0 Å². The van der Waals surface area contributed by atoms with Gasteiger partial charge < -0.3 is 15.4 Å². The van der Waals surface area contributed by atoms with Crippen molar-refractivity contribution in [3.8, 4) is 0 Å². The second-order valence-electron chi connectivity index (χ2n) is 6.26. The van der Waals surface area contributed by atoms with Gasteiger partial charge in [0.05, 0.1) is 0 Å². The van der Waals surface area contributed by atoms with Crippen LogP contribution in [0.4, 0.5) is 15.3 Å². The summed E-state index contributed by atoms with van der Waals surface area (Å²) in [6, 6.07) is 6.24. The average Bonchev–Trinajstić information content (AvgIpc) is 2.76. The maximum Gasteiger partial charge on any atom is 0.415 e. The minimum absolute atomic E-state index is 0.000901. The van der Waals surface area contributed by atoms with Gasteiger partial charge in [0.25, 0.3) is 5.91 Å². The molecule has 1 aromatic carbocycles. The number of urea groups is 1. The lowest BCUT2D eigenvalue weighted by Gasteiger charge is -2.19. The van der Waals surface area contributed by atoms with Gasteiger partial charge >= 0.3 is 12.1 Å². The Morgan fingerprint density at radius 1 is 1.23 bits per heavy atom. The third-order valence-electron chi connectivity index (χ3n) is 2.94. The summed E-state index contributed by atoms with van der Waals surface area (Å²) in [4.78, 5) is 34.2. The van der Waals surface area contributed by atoms with Gasteiger partial charge in [0.1, 0.15) is 0 Å². The van der Waals surface area contributed by atoms with Crippen molar-refractivity contribution in [1.29, 1.82) is 0 Å². The number of anilines is 1. The molecule has 1 aliphatic heterocycles. The van der Waals surface area contributed by atoms with Crippen molar-refractivity contribution in [2.75, 3.05) is 11.9 Å². The van der Waals surface area contributed by atoms with Crippen LogP contribution in [0, 0.1) is 5.41 Å². The summed E-state index contributed by atoms with van der Waals surface area (Å²) < 4.78 is 4.86. The highest BCUT2D eigenvalue weighted by molar-refractivity contribution is 6.00. The third-order valence-corrected chi connectivity index (χ3v) is 2.94. The Hall–Kier alpha value is -2.57. The second kappa shape index (κ2) is 6.05. The molecule has 0 aromatic heterocycles. The Balaban J connectivity index is 1.93. The van der Waals surface area contributed by atoms with Crippen LogP contribution in [0.3, 0.4) is 0 Å². The first kappa shape index (κ1) is 15.8. The van der Waals surface area contributed by atoms with Gasteiger partial charge in [0.2, 0.25) is 6.10 Å². The molecule has 1 saturated heterocycles. The van der Waals surface area contributed by atoms with E-state index in [2.05, 4.69) is 16.0 Å². The van der Waals surface area contributed by atoms with Crippen LogP contribution in [0.25, 0.3) is 0 Å². The Morgan fingerprint density at radius 3 is 2.36 bits per heavy atom. The van der Waals surface area contributed by atoms with E-state index in [4.69, 9.17) is 4.74 Å². The first-order valence-corrected chi connectivity index (χ1v) is 6.91. The summed E-state index contributed by atoms with van der Waals surface area (Å²) in [6.45, 7) is 6.62. The van der Waals surface area contributed by atoms with Gasteiger partial charge in [-0.3, -0.25) is 10.1 Å². The molecule has 4 amide bonds. The average molecular weight is 305 g/mol. The van der Waals surface area contributed by atoms with E-state index < -0.39 is 18.1 Å². The number of alkyl carbamates (subject to hydrolysis) is 1. The van der Waals surface area contributed by atoms with Gasteiger partial charge in [-0.05, 0) is 17.5 Å². The molecule has 0 bridgehead atoms. The minimum atomic E-state index is -0.934. The maximum absolute atomic E-state index is 11.7. The van der Waals surface area contributed by atoms with E-state index in [1.165, 1.54) is 0 Å². The summed E-state index contributed by atoms with van der Waals surface area (Å²) in [5.74, 6) is -0.492. The zero-order valence-corrected chi connectivity index (χ0v) is 12.7. The number of rotatable bonds is 3. The molecule has 0 saturated carbocycles. The molecule has 3 N–H and O–H groups in total. The lowest BCUT2D eigenvalue weighted by molar-refractivity contribution is -0.123. The topological polar surface area (TPSA) is 96.5 Å². The molecular formula is C15H19N3O4. The molecule has 22 heavy (non-hydrogen) atoms. The number of hydrogen-bond acceptors (Lipinski definition) is 4. The van der Waals surface area contributed by atoms with Crippen LogP contribution in [0.5, 0.6) is 0 Å². The van der Waals surface area contributed by atoms with Gasteiger partial charge in [0.15, 0.2) is 0 Å². The van der Waals surface area contributed by atoms with E-state index in [0.717, 1.165) is 0 Å². The lowest BCUT2D eigenvalue weighted by atomic mass is 9.97. The summed E-state index contributed by atoms with van der Waals surface area (Å²) in [7, 11) is 0. The Bertz CT molecular complexity index is 590. The molecule has 0 spiro atoms. The van der Waals surface area contributed by atoms with Crippen LogP contribution in [0.1, 0.15) is 32.4 Å². The molecule has 2 rings (SSSR count). The highest BCUT2D eigenvalue weighted by Crippen LogP contribution is 2.23. The van der Waals surface area contributed by atoms with Gasteiger partial charge in [-0.25, -0.2) is 9.59 Å². The monoisotopic (exact) mass is 305 g/mol. The molecule has 1 atom stereocenters. The van der Waals surface area contributed by atoms with Crippen molar-refractivity contribution >= 4 is 23.7 Å². The third kappa shape index (κ3) is 4.21. The number of imide groups is 1. The van der Waals surface area contributed by atoms with E-state index in [1.807, 2.05) is 20.8 Å². The van der Waals surface area contributed by atoms with E-state index in [-0.39, 0.29) is 11.4 Å². The number of amides is 4. The van der Waals surface area contributed by atoms with Crippen LogP contribution in [-0.2, 0) is 9.53 Å². The summed E-state index contributed by atoms with van der Waals surface area (Å²) in [5, 5.41) is 7.53. The maximum atomic E-state index is 11.7. The number of ether oxygens (including phenoxy) is 1. The highest BCUT2D eigenvalue weighted by atomic mass is 16.6. The van der Waals surface area contributed by atoms with E-state index in [1.54, 1.807) is 24.3 Å². The fourth-order valence-corrected chi connectivity index (χ4v) is 1.84. The molecule has 7 nitrogen and oxygen atoms in total. The van der Waals surface area contributed by atoms with Gasteiger partial charge in [0, 0.05) is 17.8 Å². The molecule has 1 unspecified atom stereocenters. The zero-order valence-electron chi connectivity index (χ0n) is 12.7. The lowest BCUT2D eigenvalue weighted by Crippen LogP contribution is -2.35. The van der Waals surface area contributed by atoms with Crippen LogP contribution in [-0.4, -0.2) is 24.6 Å². The predicted molar refractivity (Wildman–Crippen MR) is 80.3 cm³/mol. The molecule has 7 heteroatoms. The Morgan fingerprint density at radius 2 is 1.86 bits per heavy atom. The van der Waals surface area contributed by atoms with Gasteiger partial charge in [-0.2, -0.15) is 0 Å². The number of nitrogens with one attached hydrogen (secondary N) is 3. The molecule has 0 aliphatic carbocycles. The molecule has 118 valence electrons. The van der Waals surface area contributed by atoms with Crippen molar-refractivity contribution in [2.45, 2.75) is 26.9 Å². The fourth-order valence-electron chi connectivity index (χ4n) is 1.84. The molecular weight excluding hydrogens is 286 g/mol. The molecule has 1 fully saturated rings. The zero-order chi connectivity index (χ0) is 16.3. The van der Waals surface area contributed by atoms with Crippen molar-refractivity contribution < 1.29 is 19.1 Å². The van der Waals surface area contributed by atoms with Crippen molar-refractivity contribution in [2.24, 2.45) is 5.41 Å². The second-order valence-corrected chi connectivity index (χ2v) is 6.26. The first-order valence-electron chi connectivity index (χ1n) is 6.91. The normalized spacial score (nSPS) is 17.7. The highest BCUT2D eigenvalue weighted by Gasteiger charge is 2.33.